The number of hydrogen-bond acceptors (Lipinski definition) is 2. The van der Waals surface area contributed by atoms with Gasteiger partial charge in [-0.05, 0) is 19.3 Å². The van der Waals surface area contributed by atoms with Crippen LogP contribution in [0.4, 0.5) is 0 Å². The summed E-state index contributed by atoms with van der Waals surface area (Å²) in [4.78, 5) is 0. The molecule has 2 heteroatoms. The van der Waals surface area contributed by atoms with Gasteiger partial charge in [-0.1, -0.05) is 19.8 Å². The Bertz CT molecular complexity index is 140. The van der Waals surface area contributed by atoms with Gasteiger partial charge in [0.15, 0.2) is 0 Å². The van der Waals surface area contributed by atoms with Crippen LogP contribution in [-0.2, 0) is 0 Å². The molecule has 70 valence electrons. The summed E-state index contributed by atoms with van der Waals surface area (Å²) in [5.41, 5.74) is 0.492. The van der Waals surface area contributed by atoms with Gasteiger partial charge in [-0.2, -0.15) is 0 Å². The molecule has 0 aromatic carbocycles. The highest BCUT2D eigenvalue weighted by Gasteiger charge is 2.36. The van der Waals surface area contributed by atoms with E-state index in [9.17, 15) is 0 Å². The third-order valence-corrected chi connectivity index (χ3v) is 3.51. The summed E-state index contributed by atoms with van der Waals surface area (Å²) in [6.45, 7) is 4.63. The van der Waals surface area contributed by atoms with Gasteiger partial charge >= 0.3 is 0 Å². The van der Waals surface area contributed by atoms with Crippen molar-refractivity contribution in [3.63, 3.8) is 0 Å². The molecule has 2 rings (SSSR count). The second kappa shape index (κ2) is 3.35. The van der Waals surface area contributed by atoms with Crippen LogP contribution in [0.3, 0.4) is 0 Å². The molecule has 1 unspecified atom stereocenters. The molecule has 12 heavy (non-hydrogen) atoms. The molecular formula is C10H20N2. The molecule has 1 saturated carbocycles. The maximum absolute atomic E-state index is 3.73. The van der Waals surface area contributed by atoms with E-state index in [2.05, 4.69) is 17.6 Å². The van der Waals surface area contributed by atoms with Crippen molar-refractivity contribution in [3.05, 3.63) is 0 Å². The zero-order chi connectivity index (χ0) is 8.44. The highest BCUT2D eigenvalue weighted by molar-refractivity contribution is 4.99. The van der Waals surface area contributed by atoms with E-state index in [0.29, 0.717) is 5.54 Å². The van der Waals surface area contributed by atoms with E-state index in [-0.39, 0.29) is 0 Å². The predicted molar refractivity (Wildman–Crippen MR) is 51.3 cm³/mol. The van der Waals surface area contributed by atoms with Crippen molar-refractivity contribution in [2.75, 3.05) is 13.1 Å². The van der Waals surface area contributed by atoms with Crippen LogP contribution in [-0.4, -0.2) is 24.7 Å². The number of rotatable bonds is 1. The molecule has 0 aromatic heterocycles. The molecule has 2 fully saturated rings. The normalized spacial score (nSPS) is 34.2. The van der Waals surface area contributed by atoms with Crippen LogP contribution in [0.15, 0.2) is 0 Å². The van der Waals surface area contributed by atoms with Crippen molar-refractivity contribution < 1.29 is 0 Å². The molecule has 0 radical (unpaired) electrons. The van der Waals surface area contributed by atoms with E-state index < -0.39 is 0 Å². The predicted octanol–water partition coefficient (Wildman–Crippen LogP) is 1.27. The van der Waals surface area contributed by atoms with Crippen LogP contribution in [0.25, 0.3) is 0 Å². The van der Waals surface area contributed by atoms with E-state index in [1.807, 2.05) is 0 Å². The third kappa shape index (κ3) is 1.50. The van der Waals surface area contributed by atoms with E-state index in [4.69, 9.17) is 0 Å². The van der Waals surface area contributed by atoms with Crippen molar-refractivity contribution in [3.8, 4) is 0 Å². The first kappa shape index (κ1) is 8.52. The monoisotopic (exact) mass is 168 g/mol. The fourth-order valence-electron chi connectivity index (χ4n) is 2.51. The summed E-state index contributed by atoms with van der Waals surface area (Å²) >= 11 is 0. The van der Waals surface area contributed by atoms with Crippen LogP contribution in [0.1, 0.15) is 39.0 Å². The largest absolute Gasteiger partial charge is 0.311 e. The second-order valence-corrected chi connectivity index (χ2v) is 4.35. The highest BCUT2D eigenvalue weighted by atomic mass is 15.1. The van der Waals surface area contributed by atoms with Gasteiger partial charge in [-0.15, -0.1) is 0 Å². The van der Waals surface area contributed by atoms with Gasteiger partial charge in [0, 0.05) is 24.7 Å². The summed E-state index contributed by atoms with van der Waals surface area (Å²) in [6, 6.07) is 0.719. The molecule has 0 aromatic rings. The molecule has 1 aliphatic carbocycles. The van der Waals surface area contributed by atoms with Crippen molar-refractivity contribution in [1.82, 2.24) is 10.6 Å². The lowest BCUT2D eigenvalue weighted by atomic mass is 9.93. The maximum atomic E-state index is 3.73. The minimum Gasteiger partial charge on any atom is -0.311 e. The van der Waals surface area contributed by atoms with Crippen molar-refractivity contribution in [1.29, 1.82) is 0 Å². The summed E-state index contributed by atoms with van der Waals surface area (Å²) < 4.78 is 0. The fraction of sp³-hybridized carbons (Fsp3) is 1.00. The van der Waals surface area contributed by atoms with E-state index in [1.165, 1.54) is 45.2 Å². The lowest BCUT2D eigenvalue weighted by Gasteiger charge is -2.39. The van der Waals surface area contributed by atoms with Crippen LogP contribution < -0.4 is 10.6 Å². The SMILES string of the molecule is CCC1CNC2(CCCC2)CN1. The zero-order valence-electron chi connectivity index (χ0n) is 8.03. The Labute approximate surface area is 75.1 Å². The molecule has 2 N–H and O–H groups in total. The average Bonchev–Trinajstić information content (AvgIpc) is 2.55. The molecule has 1 saturated heterocycles. The van der Waals surface area contributed by atoms with Gasteiger partial charge in [-0.3, -0.25) is 0 Å². The molecule has 1 aliphatic heterocycles. The first-order valence-electron chi connectivity index (χ1n) is 5.33. The molecule has 2 nitrogen and oxygen atoms in total. The fourth-order valence-corrected chi connectivity index (χ4v) is 2.51. The smallest absolute Gasteiger partial charge is 0.0307 e. The Hall–Kier alpha value is -0.0800. The van der Waals surface area contributed by atoms with Gasteiger partial charge in [0.05, 0.1) is 0 Å². The molecule has 1 spiro atoms. The summed E-state index contributed by atoms with van der Waals surface area (Å²) in [5, 5.41) is 7.37. The van der Waals surface area contributed by atoms with Gasteiger partial charge in [-0.25, -0.2) is 0 Å². The van der Waals surface area contributed by atoms with Crippen molar-refractivity contribution in [2.24, 2.45) is 0 Å². The molecule has 1 atom stereocenters. The molecule has 2 aliphatic rings. The van der Waals surface area contributed by atoms with Gasteiger partial charge in [0.2, 0.25) is 0 Å². The van der Waals surface area contributed by atoms with Crippen LogP contribution in [0, 0.1) is 0 Å². The van der Waals surface area contributed by atoms with Crippen LogP contribution in [0.2, 0.25) is 0 Å². The molecular weight excluding hydrogens is 148 g/mol. The third-order valence-electron chi connectivity index (χ3n) is 3.51. The molecule has 0 bridgehead atoms. The number of nitrogens with one attached hydrogen (secondary N) is 2. The van der Waals surface area contributed by atoms with Crippen LogP contribution >= 0.6 is 0 Å². The quantitative estimate of drug-likeness (QED) is 0.616. The Kier molecular flexibility index (Phi) is 2.37. The Balaban J connectivity index is 1.88. The van der Waals surface area contributed by atoms with E-state index in [0.717, 1.165) is 6.04 Å². The average molecular weight is 168 g/mol. The highest BCUT2D eigenvalue weighted by Crippen LogP contribution is 2.30. The second-order valence-electron chi connectivity index (χ2n) is 4.35. The van der Waals surface area contributed by atoms with Crippen molar-refractivity contribution >= 4 is 0 Å². The first-order chi connectivity index (χ1) is 5.85. The van der Waals surface area contributed by atoms with Gasteiger partial charge in [0.25, 0.3) is 0 Å². The van der Waals surface area contributed by atoms with E-state index in [1.54, 1.807) is 0 Å². The Morgan fingerprint density at radius 3 is 2.58 bits per heavy atom. The number of piperazine rings is 1. The van der Waals surface area contributed by atoms with Gasteiger partial charge < -0.3 is 10.6 Å². The summed E-state index contributed by atoms with van der Waals surface area (Å²) in [5.74, 6) is 0. The van der Waals surface area contributed by atoms with Crippen LogP contribution in [0.5, 0.6) is 0 Å². The van der Waals surface area contributed by atoms with Gasteiger partial charge in [0.1, 0.15) is 0 Å². The number of hydrogen-bond donors (Lipinski definition) is 2. The van der Waals surface area contributed by atoms with Crippen molar-refractivity contribution in [2.45, 2.75) is 50.6 Å². The molecule has 1 heterocycles. The minimum atomic E-state index is 0.492. The Morgan fingerprint density at radius 1 is 1.33 bits per heavy atom. The molecule has 0 amide bonds. The Morgan fingerprint density at radius 2 is 2.08 bits per heavy atom. The maximum Gasteiger partial charge on any atom is 0.0307 e. The lowest BCUT2D eigenvalue weighted by Crippen LogP contribution is -2.61. The minimum absolute atomic E-state index is 0.492. The summed E-state index contributed by atoms with van der Waals surface area (Å²) in [7, 11) is 0. The lowest BCUT2D eigenvalue weighted by molar-refractivity contribution is 0.235. The standard InChI is InChI=1S/C10H20N2/c1-2-9-7-12-10(8-11-9)5-3-4-6-10/h9,11-12H,2-8H2,1H3. The van der Waals surface area contributed by atoms with E-state index >= 15 is 0 Å². The first-order valence-corrected chi connectivity index (χ1v) is 5.33. The zero-order valence-corrected chi connectivity index (χ0v) is 8.03. The topological polar surface area (TPSA) is 24.1 Å². The summed E-state index contributed by atoms with van der Waals surface area (Å²) in [6.07, 6.45) is 6.87.